The van der Waals surface area contributed by atoms with E-state index >= 15 is 0 Å². The van der Waals surface area contributed by atoms with Gasteiger partial charge in [-0.2, -0.15) is 0 Å². The lowest BCUT2D eigenvalue weighted by Crippen LogP contribution is -2.54. The van der Waals surface area contributed by atoms with Crippen LogP contribution in [0.25, 0.3) is 0 Å². The molecule has 2 aliphatic carbocycles. The predicted octanol–water partition coefficient (Wildman–Crippen LogP) is 2.78. The number of hydrogen-bond acceptors (Lipinski definition) is 3. The zero-order chi connectivity index (χ0) is 13.7. The Kier molecular flexibility index (Phi) is 6.11. The van der Waals surface area contributed by atoms with Crippen molar-refractivity contribution < 1.29 is 4.74 Å². The molecule has 0 aromatic rings. The maximum Gasteiger partial charge on any atom is 0.0726 e. The molecule has 4 unspecified atom stereocenters. The minimum absolute atomic E-state index is 0.439. The molecule has 0 aliphatic heterocycles. The van der Waals surface area contributed by atoms with Gasteiger partial charge < -0.3 is 10.5 Å². The van der Waals surface area contributed by atoms with E-state index in [1.165, 1.54) is 51.4 Å². The second-order valence-electron chi connectivity index (χ2n) is 6.30. The van der Waals surface area contributed by atoms with Gasteiger partial charge in [-0.15, -0.1) is 0 Å². The van der Waals surface area contributed by atoms with Crippen molar-refractivity contribution in [2.45, 2.75) is 76.5 Å². The number of nitrogens with zero attached hydrogens (tertiary/aromatic N) is 1. The molecule has 0 amide bonds. The minimum Gasteiger partial charge on any atom is -0.380 e. The number of hydrogen-bond donors (Lipinski definition) is 1. The predicted molar refractivity (Wildman–Crippen MR) is 80.2 cm³/mol. The lowest BCUT2D eigenvalue weighted by molar-refractivity contribution is -0.0414. The van der Waals surface area contributed by atoms with E-state index in [-0.39, 0.29) is 0 Å². The number of methoxy groups -OCH3 is 1. The second kappa shape index (κ2) is 7.61. The summed E-state index contributed by atoms with van der Waals surface area (Å²) in [5.41, 5.74) is 6.02. The van der Waals surface area contributed by atoms with Crippen molar-refractivity contribution in [3.63, 3.8) is 0 Å². The Morgan fingerprint density at radius 2 is 1.63 bits per heavy atom. The first-order valence-electron chi connectivity index (χ1n) is 8.30. The fourth-order valence-electron chi connectivity index (χ4n) is 4.35. The molecular weight excluding hydrogens is 236 g/mol. The second-order valence-corrected chi connectivity index (χ2v) is 6.30. The van der Waals surface area contributed by atoms with Gasteiger partial charge in [0.25, 0.3) is 0 Å². The third kappa shape index (κ3) is 3.50. The van der Waals surface area contributed by atoms with Crippen LogP contribution in [0.5, 0.6) is 0 Å². The van der Waals surface area contributed by atoms with Crippen LogP contribution in [-0.2, 0) is 4.74 Å². The Balaban J connectivity index is 2.07. The largest absolute Gasteiger partial charge is 0.380 e. The monoisotopic (exact) mass is 268 g/mol. The summed E-state index contributed by atoms with van der Waals surface area (Å²) in [5.74, 6) is 0.702. The summed E-state index contributed by atoms with van der Waals surface area (Å²) >= 11 is 0. The van der Waals surface area contributed by atoms with E-state index in [0.717, 1.165) is 13.1 Å². The van der Waals surface area contributed by atoms with Crippen LogP contribution in [0.15, 0.2) is 0 Å². The molecular formula is C16H32N2O. The molecule has 3 nitrogen and oxygen atoms in total. The van der Waals surface area contributed by atoms with Crippen molar-refractivity contribution in [3.8, 4) is 0 Å². The van der Waals surface area contributed by atoms with Crippen LogP contribution in [0.3, 0.4) is 0 Å². The third-order valence-electron chi connectivity index (χ3n) is 5.36. The van der Waals surface area contributed by atoms with Crippen LogP contribution in [0, 0.1) is 5.92 Å². The summed E-state index contributed by atoms with van der Waals surface area (Å²) in [5, 5.41) is 0. The number of rotatable bonds is 5. The standard InChI is InChI=1S/C16H32N2O/c1-3-18(14-9-5-4-8-13(14)12-17)15-10-6-7-11-16(15)19-2/h13-16H,3-12,17H2,1-2H3. The molecule has 19 heavy (non-hydrogen) atoms. The summed E-state index contributed by atoms with van der Waals surface area (Å²) in [6.07, 6.45) is 11.1. The van der Waals surface area contributed by atoms with E-state index in [4.69, 9.17) is 10.5 Å². The van der Waals surface area contributed by atoms with Crippen molar-refractivity contribution in [1.82, 2.24) is 4.90 Å². The Bertz CT molecular complexity index is 235. The maximum atomic E-state index is 6.02. The lowest BCUT2D eigenvalue weighted by atomic mass is 9.81. The Labute approximate surface area is 118 Å². The fourth-order valence-corrected chi connectivity index (χ4v) is 4.35. The van der Waals surface area contributed by atoms with Crippen molar-refractivity contribution in [2.24, 2.45) is 11.7 Å². The van der Waals surface area contributed by atoms with Crippen molar-refractivity contribution in [1.29, 1.82) is 0 Å². The van der Waals surface area contributed by atoms with Crippen molar-refractivity contribution in [3.05, 3.63) is 0 Å². The number of nitrogens with two attached hydrogens (primary N) is 1. The van der Waals surface area contributed by atoms with Gasteiger partial charge in [0.15, 0.2) is 0 Å². The van der Waals surface area contributed by atoms with E-state index in [0.29, 0.717) is 24.1 Å². The van der Waals surface area contributed by atoms with Gasteiger partial charge in [-0.05, 0) is 44.7 Å². The highest BCUT2D eigenvalue weighted by molar-refractivity contribution is 4.91. The maximum absolute atomic E-state index is 6.02. The lowest BCUT2D eigenvalue weighted by Gasteiger charge is -2.47. The molecule has 0 spiro atoms. The molecule has 0 radical (unpaired) electrons. The zero-order valence-electron chi connectivity index (χ0n) is 12.8. The van der Waals surface area contributed by atoms with Crippen LogP contribution in [0.2, 0.25) is 0 Å². The summed E-state index contributed by atoms with van der Waals surface area (Å²) in [7, 11) is 1.89. The highest BCUT2D eigenvalue weighted by atomic mass is 16.5. The topological polar surface area (TPSA) is 38.5 Å². The van der Waals surface area contributed by atoms with Crippen LogP contribution >= 0.6 is 0 Å². The first kappa shape index (κ1) is 15.3. The smallest absolute Gasteiger partial charge is 0.0726 e. The Morgan fingerprint density at radius 3 is 2.26 bits per heavy atom. The number of likely N-dealkylation sites (N-methyl/N-ethyl adjacent to an activating group) is 1. The summed E-state index contributed by atoms with van der Waals surface area (Å²) in [6, 6.07) is 1.32. The molecule has 2 aliphatic rings. The molecule has 0 heterocycles. The Hall–Kier alpha value is -0.120. The molecule has 2 saturated carbocycles. The van der Waals surface area contributed by atoms with E-state index in [1.807, 2.05) is 7.11 Å². The molecule has 0 saturated heterocycles. The van der Waals surface area contributed by atoms with Crippen molar-refractivity contribution in [2.75, 3.05) is 20.2 Å². The van der Waals surface area contributed by atoms with E-state index < -0.39 is 0 Å². The van der Waals surface area contributed by atoms with Gasteiger partial charge >= 0.3 is 0 Å². The molecule has 2 N–H and O–H groups in total. The molecule has 3 heteroatoms. The van der Waals surface area contributed by atoms with Gasteiger partial charge in [-0.25, -0.2) is 0 Å². The van der Waals surface area contributed by atoms with Gasteiger partial charge in [0, 0.05) is 19.2 Å². The van der Waals surface area contributed by atoms with Crippen molar-refractivity contribution >= 4 is 0 Å². The van der Waals surface area contributed by atoms with Crippen LogP contribution in [0.4, 0.5) is 0 Å². The van der Waals surface area contributed by atoms with Gasteiger partial charge in [-0.1, -0.05) is 32.6 Å². The molecule has 112 valence electrons. The SMILES string of the molecule is CCN(C1CCCCC1CN)C1CCCCC1OC. The van der Waals surface area contributed by atoms with Crippen LogP contribution < -0.4 is 5.73 Å². The highest BCUT2D eigenvalue weighted by Crippen LogP contribution is 2.33. The minimum atomic E-state index is 0.439. The number of ether oxygens (including phenoxy) is 1. The van der Waals surface area contributed by atoms with Crippen LogP contribution in [-0.4, -0.2) is 43.3 Å². The molecule has 0 bridgehead atoms. The summed E-state index contributed by atoms with van der Waals surface area (Å²) < 4.78 is 5.77. The fraction of sp³-hybridized carbons (Fsp3) is 1.00. The first-order chi connectivity index (χ1) is 9.31. The van der Waals surface area contributed by atoms with Gasteiger partial charge in [0.05, 0.1) is 6.10 Å². The molecule has 4 atom stereocenters. The molecule has 0 aromatic carbocycles. The van der Waals surface area contributed by atoms with Gasteiger partial charge in [0.1, 0.15) is 0 Å². The molecule has 0 aromatic heterocycles. The van der Waals surface area contributed by atoms with E-state index in [9.17, 15) is 0 Å². The average molecular weight is 268 g/mol. The van der Waals surface area contributed by atoms with Crippen LogP contribution in [0.1, 0.15) is 58.3 Å². The summed E-state index contributed by atoms with van der Waals surface area (Å²) in [4.78, 5) is 2.74. The summed E-state index contributed by atoms with van der Waals surface area (Å²) in [6.45, 7) is 4.31. The molecule has 2 fully saturated rings. The quantitative estimate of drug-likeness (QED) is 0.833. The highest BCUT2D eigenvalue weighted by Gasteiger charge is 2.36. The third-order valence-corrected chi connectivity index (χ3v) is 5.36. The van der Waals surface area contributed by atoms with Gasteiger partial charge in [-0.3, -0.25) is 4.90 Å². The van der Waals surface area contributed by atoms with Gasteiger partial charge in [0.2, 0.25) is 0 Å². The zero-order valence-corrected chi connectivity index (χ0v) is 12.8. The molecule has 2 rings (SSSR count). The normalized spacial score (nSPS) is 36.6. The van der Waals surface area contributed by atoms with E-state index in [2.05, 4.69) is 11.8 Å². The Morgan fingerprint density at radius 1 is 1.00 bits per heavy atom. The van der Waals surface area contributed by atoms with E-state index in [1.54, 1.807) is 0 Å². The first-order valence-corrected chi connectivity index (χ1v) is 8.30. The average Bonchev–Trinajstić information content (AvgIpc) is 2.49.